The zero-order chi connectivity index (χ0) is 17.4. The van der Waals surface area contributed by atoms with E-state index in [2.05, 4.69) is 34.3 Å². The molecule has 128 valence electrons. The Morgan fingerprint density at radius 2 is 1.87 bits per heavy atom. The Labute approximate surface area is 140 Å². The van der Waals surface area contributed by atoms with E-state index in [1.165, 1.54) is 5.57 Å². The van der Waals surface area contributed by atoms with E-state index in [-0.39, 0.29) is 24.3 Å². The van der Waals surface area contributed by atoms with Crippen LogP contribution in [0, 0.1) is 5.92 Å². The molecule has 0 N–H and O–H groups in total. The van der Waals surface area contributed by atoms with Gasteiger partial charge >= 0.3 is 13.1 Å². The average molecular weight is 320 g/mol. The molecule has 5 heteroatoms. The first-order valence-electron chi connectivity index (χ1n) is 8.46. The van der Waals surface area contributed by atoms with Crippen LogP contribution >= 0.6 is 0 Å². The molecule has 0 amide bonds. The molecule has 2 rings (SSSR count). The van der Waals surface area contributed by atoms with Crippen molar-refractivity contribution in [1.82, 2.24) is 0 Å². The zero-order valence-corrected chi connectivity index (χ0v) is 15.3. The van der Waals surface area contributed by atoms with Gasteiger partial charge in [0.15, 0.2) is 0 Å². The van der Waals surface area contributed by atoms with Gasteiger partial charge in [-0.1, -0.05) is 17.7 Å². The Morgan fingerprint density at radius 1 is 1.30 bits per heavy atom. The van der Waals surface area contributed by atoms with Gasteiger partial charge in [0.1, 0.15) is 0 Å². The molecule has 23 heavy (non-hydrogen) atoms. The predicted molar refractivity (Wildman–Crippen MR) is 92.1 cm³/mol. The van der Waals surface area contributed by atoms with E-state index in [4.69, 9.17) is 14.0 Å². The van der Waals surface area contributed by atoms with Crippen LogP contribution in [-0.2, 0) is 18.8 Å². The summed E-state index contributed by atoms with van der Waals surface area (Å²) in [6.07, 6.45) is 2.07. The second-order valence-electron chi connectivity index (χ2n) is 7.60. The third kappa shape index (κ3) is 3.72. The highest BCUT2D eigenvalue weighted by molar-refractivity contribution is 6.45. The maximum atomic E-state index is 11.7. The minimum absolute atomic E-state index is 0.157. The first-order valence-corrected chi connectivity index (χ1v) is 8.46. The fourth-order valence-corrected chi connectivity index (χ4v) is 3.37. The lowest BCUT2D eigenvalue weighted by molar-refractivity contribution is -0.142. The van der Waals surface area contributed by atoms with Gasteiger partial charge in [-0.2, -0.15) is 0 Å². The van der Waals surface area contributed by atoms with Crippen molar-refractivity contribution in [3.8, 4) is 0 Å². The van der Waals surface area contributed by atoms with Crippen LogP contribution in [0.4, 0.5) is 0 Å². The fraction of sp³-hybridized carbons (Fsp3) is 0.722. The summed E-state index contributed by atoms with van der Waals surface area (Å²) >= 11 is 0. The van der Waals surface area contributed by atoms with Crippen molar-refractivity contribution < 1.29 is 18.8 Å². The van der Waals surface area contributed by atoms with Crippen LogP contribution in [-0.4, -0.2) is 30.9 Å². The van der Waals surface area contributed by atoms with Gasteiger partial charge in [-0.3, -0.25) is 4.79 Å². The quantitative estimate of drug-likeness (QED) is 0.549. The van der Waals surface area contributed by atoms with E-state index in [9.17, 15) is 4.79 Å². The lowest BCUT2D eigenvalue weighted by Crippen LogP contribution is -2.41. The summed E-state index contributed by atoms with van der Waals surface area (Å²) in [7, 11) is -0.205. The highest BCUT2D eigenvalue weighted by atomic mass is 16.7. The molecule has 1 fully saturated rings. The Kier molecular flexibility index (Phi) is 5.12. The van der Waals surface area contributed by atoms with E-state index in [0.29, 0.717) is 18.9 Å². The molecule has 1 aliphatic carbocycles. The van der Waals surface area contributed by atoms with Crippen molar-refractivity contribution in [2.45, 2.75) is 71.9 Å². The molecule has 1 heterocycles. The van der Waals surface area contributed by atoms with Crippen LogP contribution in [0.2, 0.25) is 6.32 Å². The van der Waals surface area contributed by atoms with Crippen LogP contribution in [0.25, 0.3) is 0 Å². The molecule has 4 nitrogen and oxygen atoms in total. The number of hydrogen-bond acceptors (Lipinski definition) is 4. The lowest BCUT2D eigenvalue weighted by Gasteiger charge is -2.34. The molecule has 1 aliphatic heterocycles. The molecule has 2 aliphatic rings. The molecule has 1 saturated heterocycles. The first-order chi connectivity index (χ1) is 10.6. The molecular weight excluding hydrogens is 291 g/mol. The molecule has 0 aromatic carbocycles. The molecule has 0 aromatic heterocycles. The molecule has 0 saturated carbocycles. The maximum absolute atomic E-state index is 11.7. The summed E-state index contributed by atoms with van der Waals surface area (Å²) in [6.45, 7) is 16.6. The minimum Gasteiger partial charge on any atom is -0.466 e. The summed E-state index contributed by atoms with van der Waals surface area (Å²) in [5.41, 5.74) is 2.77. The van der Waals surface area contributed by atoms with Crippen LogP contribution in [0.3, 0.4) is 0 Å². The standard InChI is InChI=1S/C18H29BO4/c1-8-21-15(20)10-13-9-14(16(13)12(2)3)11-19-22-17(4,5)18(6,7)23-19/h14H,2,8-11H2,1,3-7H3. The first kappa shape index (κ1) is 18.3. The van der Waals surface area contributed by atoms with Crippen molar-refractivity contribution in [3.05, 3.63) is 23.3 Å². The molecule has 0 aromatic rings. The second-order valence-corrected chi connectivity index (χ2v) is 7.60. The van der Waals surface area contributed by atoms with Gasteiger partial charge in [0.25, 0.3) is 0 Å². The molecule has 0 radical (unpaired) electrons. The fourth-order valence-electron chi connectivity index (χ4n) is 3.37. The number of ether oxygens (including phenoxy) is 1. The maximum Gasteiger partial charge on any atom is 0.458 e. The Hall–Kier alpha value is -1.07. The minimum atomic E-state index is -0.303. The molecule has 0 spiro atoms. The summed E-state index contributed by atoms with van der Waals surface area (Å²) in [5, 5.41) is 0. The molecule has 1 atom stereocenters. The number of rotatable bonds is 6. The zero-order valence-electron chi connectivity index (χ0n) is 15.3. The van der Waals surface area contributed by atoms with Gasteiger partial charge in [0.2, 0.25) is 0 Å². The van der Waals surface area contributed by atoms with Crippen molar-refractivity contribution in [1.29, 1.82) is 0 Å². The van der Waals surface area contributed by atoms with Gasteiger partial charge < -0.3 is 14.0 Å². The smallest absolute Gasteiger partial charge is 0.458 e. The van der Waals surface area contributed by atoms with Crippen LogP contribution in [0.15, 0.2) is 23.3 Å². The van der Waals surface area contributed by atoms with Crippen LogP contribution < -0.4 is 0 Å². The third-order valence-electron chi connectivity index (χ3n) is 5.18. The normalized spacial score (nSPS) is 25.3. The van der Waals surface area contributed by atoms with Gasteiger partial charge in [-0.05, 0) is 65.8 Å². The third-order valence-corrected chi connectivity index (χ3v) is 5.18. The topological polar surface area (TPSA) is 44.8 Å². The van der Waals surface area contributed by atoms with Crippen molar-refractivity contribution in [3.63, 3.8) is 0 Å². The van der Waals surface area contributed by atoms with E-state index >= 15 is 0 Å². The van der Waals surface area contributed by atoms with Gasteiger partial charge in [0, 0.05) is 0 Å². The summed E-state index contributed by atoms with van der Waals surface area (Å²) < 4.78 is 17.2. The van der Waals surface area contributed by atoms with Crippen LogP contribution in [0.5, 0.6) is 0 Å². The molecule has 0 bridgehead atoms. The molecular formula is C18H29BO4. The largest absolute Gasteiger partial charge is 0.466 e. The number of esters is 1. The van der Waals surface area contributed by atoms with Gasteiger partial charge in [0.05, 0.1) is 24.2 Å². The average Bonchev–Trinajstić information content (AvgIpc) is 2.55. The van der Waals surface area contributed by atoms with E-state index in [1.807, 2.05) is 13.8 Å². The summed E-state index contributed by atoms with van der Waals surface area (Å²) in [4.78, 5) is 11.7. The lowest BCUT2D eigenvalue weighted by atomic mass is 9.63. The predicted octanol–water partition coefficient (Wildman–Crippen LogP) is 3.92. The Balaban J connectivity index is 2.01. The van der Waals surface area contributed by atoms with E-state index in [0.717, 1.165) is 23.9 Å². The number of allylic oxidation sites excluding steroid dienone is 2. The highest BCUT2D eigenvalue weighted by Crippen LogP contribution is 2.46. The number of carbonyl (C=O) groups is 1. The van der Waals surface area contributed by atoms with E-state index in [1.54, 1.807) is 0 Å². The highest BCUT2D eigenvalue weighted by Gasteiger charge is 2.52. The summed E-state index contributed by atoms with van der Waals surface area (Å²) in [6, 6.07) is 0. The number of hydrogen-bond donors (Lipinski definition) is 0. The van der Waals surface area contributed by atoms with Crippen molar-refractivity contribution >= 4 is 13.1 Å². The van der Waals surface area contributed by atoms with Crippen molar-refractivity contribution in [2.24, 2.45) is 5.92 Å². The molecule has 1 unspecified atom stereocenters. The Bertz CT molecular complexity index is 517. The van der Waals surface area contributed by atoms with Crippen molar-refractivity contribution in [2.75, 3.05) is 6.61 Å². The van der Waals surface area contributed by atoms with Gasteiger partial charge in [-0.15, -0.1) is 0 Å². The number of carbonyl (C=O) groups excluding carboxylic acids is 1. The van der Waals surface area contributed by atoms with Crippen LogP contribution in [0.1, 0.15) is 54.4 Å². The van der Waals surface area contributed by atoms with Gasteiger partial charge in [-0.25, -0.2) is 0 Å². The second kappa shape index (κ2) is 6.44. The SMILES string of the molecule is C=C(C)C1=C(CC(=O)OCC)CC1CB1OC(C)(C)C(C)(C)O1. The Morgan fingerprint density at radius 3 is 2.35 bits per heavy atom. The summed E-state index contributed by atoms with van der Waals surface area (Å²) in [5.74, 6) is 0.196. The van der Waals surface area contributed by atoms with E-state index < -0.39 is 0 Å². The monoisotopic (exact) mass is 320 g/mol.